The molecule has 0 saturated heterocycles. The van der Waals surface area contributed by atoms with Gasteiger partial charge in [-0.1, -0.05) is 25.5 Å². The van der Waals surface area contributed by atoms with Crippen molar-refractivity contribution < 1.29 is 14.0 Å². The number of ether oxygens (including phenoxy) is 1. The quantitative estimate of drug-likeness (QED) is 0.526. The van der Waals surface area contributed by atoms with Crippen molar-refractivity contribution in [1.29, 1.82) is 0 Å². The van der Waals surface area contributed by atoms with E-state index >= 15 is 0 Å². The first-order chi connectivity index (χ1) is 8.35. The highest BCUT2D eigenvalue weighted by Crippen LogP contribution is 2.39. The zero-order valence-electron chi connectivity index (χ0n) is 12.3. The van der Waals surface area contributed by atoms with Gasteiger partial charge in [0.15, 0.2) is 14.1 Å². The van der Waals surface area contributed by atoms with Crippen LogP contribution in [-0.4, -0.2) is 32.9 Å². The highest BCUT2D eigenvalue weighted by molar-refractivity contribution is 6.70. The first kappa shape index (κ1) is 15.6. The van der Waals surface area contributed by atoms with Gasteiger partial charge in [-0.05, 0) is 32.5 Å². The third kappa shape index (κ3) is 3.53. The van der Waals surface area contributed by atoms with Crippen LogP contribution in [0.25, 0.3) is 0 Å². The number of carbonyl (C=O) groups is 1. The highest BCUT2D eigenvalue weighted by atomic mass is 28.4. The summed E-state index contributed by atoms with van der Waals surface area (Å²) >= 11 is 0. The molecule has 0 aromatic rings. The third-order valence-electron chi connectivity index (χ3n) is 3.16. The molecule has 3 nitrogen and oxygen atoms in total. The summed E-state index contributed by atoms with van der Waals surface area (Å²) in [6, 6.07) is 0. The molecular formula is C14H26O3Si. The number of ketones is 1. The summed E-state index contributed by atoms with van der Waals surface area (Å²) in [7, 11) is -0.111. The van der Waals surface area contributed by atoms with Gasteiger partial charge < -0.3 is 9.16 Å². The van der Waals surface area contributed by atoms with E-state index in [1.54, 1.807) is 7.11 Å². The molecule has 0 radical (unpaired) electrons. The van der Waals surface area contributed by atoms with E-state index in [-0.39, 0.29) is 11.9 Å². The van der Waals surface area contributed by atoms with E-state index in [0.29, 0.717) is 6.42 Å². The monoisotopic (exact) mass is 270 g/mol. The largest absolute Gasteiger partial charge is 0.403 e. The van der Waals surface area contributed by atoms with Crippen molar-refractivity contribution in [1.82, 2.24) is 0 Å². The molecule has 1 rings (SSSR count). The average Bonchev–Trinajstić information content (AvgIpc) is 2.29. The van der Waals surface area contributed by atoms with E-state index in [2.05, 4.69) is 32.6 Å². The van der Waals surface area contributed by atoms with Crippen LogP contribution in [0.4, 0.5) is 0 Å². The van der Waals surface area contributed by atoms with Gasteiger partial charge >= 0.3 is 0 Å². The first-order valence-electron chi connectivity index (χ1n) is 6.78. The fourth-order valence-corrected chi connectivity index (χ4v) is 3.72. The molecule has 0 heterocycles. The SMILES string of the molecule is CCCC=CC(OC)C1(O[Si](C)(C)C)CCC1=O. The second-order valence-corrected chi connectivity index (χ2v) is 10.3. The Hall–Kier alpha value is -0.453. The predicted molar refractivity (Wildman–Crippen MR) is 76.2 cm³/mol. The van der Waals surface area contributed by atoms with Gasteiger partial charge in [-0.3, -0.25) is 4.79 Å². The molecule has 1 saturated carbocycles. The van der Waals surface area contributed by atoms with Crippen LogP contribution in [0.3, 0.4) is 0 Å². The normalized spacial score (nSPS) is 26.4. The molecule has 4 heteroatoms. The molecule has 18 heavy (non-hydrogen) atoms. The van der Waals surface area contributed by atoms with E-state index < -0.39 is 13.9 Å². The number of hydrogen-bond acceptors (Lipinski definition) is 3. The van der Waals surface area contributed by atoms with Crippen LogP contribution >= 0.6 is 0 Å². The van der Waals surface area contributed by atoms with Gasteiger partial charge in [0.05, 0.1) is 0 Å². The molecule has 2 atom stereocenters. The van der Waals surface area contributed by atoms with E-state index in [4.69, 9.17) is 9.16 Å². The van der Waals surface area contributed by atoms with Crippen LogP contribution in [-0.2, 0) is 14.0 Å². The van der Waals surface area contributed by atoms with Crippen LogP contribution < -0.4 is 0 Å². The van der Waals surface area contributed by atoms with Crippen LogP contribution in [0.5, 0.6) is 0 Å². The molecule has 104 valence electrons. The topological polar surface area (TPSA) is 35.5 Å². The van der Waals surface area contributed by atoms with Crippen LogP contribution in [0.1, 0.15) is 32.6 Å². The smallest absolute Gasteiger partial charge is 0.185 e. The van der Waals surface area contributed by atoms with Gasteiger partial charge in [-0.25, -0.2) is 0 Å². The molecule has 0 amide bonds. The average molecular weight is 270 g/mol. The van der Waals surface area contributed by atoms with Gasteiger partial charge in [-0.15, -0.1) is 0 Å². The zero-order valence-corrected chi connectivity index (χ0v) is 13.3. The fourth-order valence-electron chi connectivity index (χ4n) is 2.30. The first-order valence-corrected chi connectivity index (χ1v) is 10.2. The number of carbonyl (C=O) groups excluding carboxylic acids is 1. The number of unbranched alkanes of at least 4 members (excludes halogenated alkanes) is 1. The summed E-state index contributed by atoms with van der Waals surface area (Å²) in [6.45, 7) is 8.48. The number of Topliss-reactive ketones (excluding diaryl/α,β-unsaturated/α-hetero) is 1. The van der Waals surface area contributed by atoms with E-state index in [0.717, 1.165) is 19.3 Å². The molecular weight excluding hydrogens is 244 g/mol. The molecule has 0 bridgehead atoms. The van der Waals surface area contributed by atoms with Crippen LogP contribution in [0.15, 0.2) is 12.2 Å². The standard InChI is InChI=1S/C14H26O3Si/c1-6-7-8-9-13(16-2)14(11-10-12(14)15)17-18(3,4)5/h8-9,13H,6-7,10-11H2,1-5H3. The van der Waals surface area contributed by atoms with Gasteiger partial charge in [-0.2, -0.15) is 0 Å². The van der Waals surface area contributed by atoms with E-state index in [1.165, 1.54) is 0 Å². The molecule has 0 aromatic heterocycles. The predicted octanol–water partition coefficient (Wildman–Crippen LogP) is 3.31. The molecule has 2 unspecified atom stereocenters. The van der Waals surface area contributed by atoms with E-state index in [9.17, 15) is 4.79 Å². The Bertz CT molecular complexity index is 319. The van der Waals surface area contributed by atoms with Crippen molar-refractivity contribution in [3.8, 4) is 0 Å². The summed E-state index contributed by atoms with van der Waals surface area (Å²) in [5, 5.41) is 0. The molecule has 0 aromatic carbocycles. The Morgan fingerprint density at radius 1 is 1.44 bits per heavy atom. The number of rotatable bonds is 7. The Kier molecular flexibility index (Phi) is 5.31. The van der Waals surface area contributed by atoms with Crippen molar-refractivity contribution >= 4 is 14.1 Å². The molecule has 1 aliphatic carbocycles. The highest BCUT2D eigenvalue weighted by Gasteiger charge is 2.54. The van der Waals surface area contributed by atoms with Gasteiger partial charge in [0, 0.05) is 13.5 Å². The number of methoxy groups -OCH3 is 1. The molecule has 0 N–H and O–H groups in total. The minimum absolute atomic E-state index is 0.193. The maximum atomic E-state index is 12.0. The number of allylic oxidation sites excluding steroid dienone is 1. The lowest BCUT2D eigenvalue weighted by atomic mass is 9.74. The summed E-state index contributed by atoms with van der Waals surface area (Å²) in [4.78, 5) is 12.0. The van der Waals surface area contributed by atoms with Crippen LogP contribution in [0.2, 0.25) is 19.6 Å². The molecule has 0 spiro atoms. The lowest BCUT2D eigenvalue weighted by Gasteiger charge is -2.47. The van der Waals surface area contributed by atoms with Crippen LogP contribution in [0, 0.1) is 0 Å². The minimum atomic E-state index is -1.77. The van der Waals surface area contributed by atoms with Crippen molar-refractivity contribution in [2.24, 2.45) is 0 Å². The molecule has 1 fully saturated rings. The van der Waals surface area contributed by atoms with E-state index in [1.807, 2.05) is 6.08 Å². The zero-order chi connectivity index (χ0) is 13.8. The fraction of sp³-hybridized carbons (Fsp3) is 0.786. The maximum Gasteiger partial charge on any atom is 0.185 e. The van der Waals surface area contributed by atoms with Gasteiger partial charge in [0.1, 0.15) is 11.7 Å². The summed E-state index contributed by atoms with van der Waals surface area (Å²) in [6.07, 6.45) is 7.36. The van der Waals surface area contributed by atoms with Crippen molar-refractivity contribution in [3.63, 3.8) is 0 Å². The second-order valence-electron chi connectivity index (χ2n) is 5.90. The molecule has 0 aliphatic heterocycles. The van der Waals surface area contributed by atoms with Crippen molar-refractivity contribution in [2.75, 3.05) is 7.11 Å². The Balaban J connectivity index is 2.85. The minimum Gasteiger partial charge on any atom is -0.403 e. The molecule has 1 aliphatic rings. The lowest BCUT2D eigenvalue weighted by Crippen LogP contribution is -2.62. The Morgan fingerprint density at radius 2 is 2.11 bits per heavy atom. The summed E-state index contributed by atoms with van der Waals surface area (Å²) in [5.74, 6) is 0.193. The van der Waals surface area contributed by atoms with Gasteiger partial charge in [0.25, 0.3) is 0 Å². The van der Waals surface area contributed by atoms with Crippen molar-refractivity contribution in [3.05, 3.63) is 12.2 Å². The maximum absolute atomic E-state index is 12.0. The van der Waals surface area contributed by atoms with Gasteiger partial charge in [0.2, 0.25) is 0 Å². The number of hydrogen-bond donors (Lipinski definition) is 0. The van der Waals surface area contributed by atoms with Crippen molar-refractivity contribution in [2.45, 2.75) is 64.0 Å². The summed E-state index contributed by atoms with van der Waals surface area (Å²) in [5.41, 5.74) is -0.705. The third-order valence-corrected chi connectivity index (χ3v) is 4.14. The summed E-state index contributed by atoms with van der Waals surface area (Å²) < 4.78 is 11.7. The Labute approximate surface area is 112 Å². The second kappa shape index (κ2) is 6.13. The lowest BCUT2D eigenvalue weighted by molar-refractivity contribution is -0.161. The Morgan fingerprint density at radius 3 is 2.44 bits per heavy atom.